The monoisotopic (exact) mass is 235 g/mol. The Bertz CT molecular complexity index is 352. The lowest BCUT2D eigenvalue weighted by Crippen LogP contribution is -2.12. The quantitative estimate of drug-likeness (QED) is 0.771. The zero-order valence-electron chi connectivity index (χ0n) is 11.3. The molecule has 0 aliphatic carbocycles. The van der Waals surface area contributed by atoms with Crippen molar-refractivity contribution in [3.8, 4) is 0 Å². The van der Waals surface area contributed by atoms with Crippen molar-refractivity contribution >= 4 is 0 Å². The van der Waals surface area contributed by atoms with Gasteiger partial charge in [-0.15, -0.1) is 0 Å². The fourth-order valence-electron chi connectivity index (χ4n) is 1.90. The van der Waals surface area contributed by atoms with Crippen molar-refractivity contribution in [3.63, 3.8) is 0 Å². The number of aliphatic hydroxyl groups is 1. The first-order valence-electron chi connectivity index (χ1n) is 6.41. The average molecular weight is 235 g/mol. The average Bonchev–Trinajstić information content (AvgIpc) is 2.28. The van der Waals surface area contributed by atoms with Gasteiger partial charge in [-0.05, 0) is 47.9 Å². The number of hydrogen-bond donors (Lipinski definition) is 2. The summed E-state index contributed by atoms with van der Waals surface area (Å²) in [5.74, 6) is 0. The van der Waals surface area contributed by atoms with Crippen LogP contribution in [0, 0.1) is 0 Å². The first kappa shape index (κ1) is 14.2. The van der Waals surface area contributed by atoms with Gasteiger partial charge in [-0.2, -0.15) is 0 Å². The van der Waals surface area contributed by atoms with Crippen LogP contribution in [0.5, 0.6) is 0 Å². The maximum Gasteiger partial charge on any atom is 0.0682 e. The third-order valence-corrected chi connectivity index (χ3v) is 3.02. The molecule has 0 aromatic heterocycles. The SMILES string of the molecule is CC(C)(C)c1cc(CO)cc(CCCCN)c1. The summed E-state index contributed by atoms with van der Waals surface area (Å²) in [6.45, 7) is 7.48. The zero-order chi connectivity index (χ0) is 12.9. The van der Waals surface area contributed by atoms with Gasteiger partial charge in [-0.25, -0.2) is 0 Å². The second-order valence-electron chi connectivity index (χ2n) is 5.69. The molecule has 1 rings (SSSR count). The minimum absolute atomic E-state index is 0.119. The van der Waals surface area contributed by atoms with E-state index in [9.17, 15) is 5.11 Å². The highest BCUT2D eigenvalue weighted by Gasteiger charge is 2.15. The van der Waals surface area contributed by atoms with Gasteiger partial charge >= 0.3 is 0 Å². The van der Waals surface area contributed by atoms with Crippen LogP contribution >= 0.6 is 0 Å². The topological polar surface area (TPSA) is 46.2 Å². The Morgan fingerprint density at radius 2 is 1.71 bits per heavy atom. The second-order valence-corrected chi connectivity index (χ2v) is 5.69. The predicted molar refractivity (Wildman–Crippen MR) is 73.1 cm³/mol. The number of aryl methyl sites for hydroxylation is 1. The number of benzene rings is 1. The van der Waals surface area contributed by atoms with Gasteiger partial charge in [0.2, 0.25) is 0 Å². The van der Waals surface area contributed by atoms with Crippen LogP contribution in [-0.2, 0) is 18.4 Å². The summed E-state index contributed by atoms with van der Waals surface area (Å²) in [5, 5.41) is 9.30. The van der Waals surface area contributed by atoms with Crippen LogP contribution in [0.3, 0.4) is 0 Å². The van der Waals surface area contributed by atoms with Gasteiger partial charge < -0.3 is 10.8 Å². The summed E-state index contributed by atoms with van der Waals surface area (Å²) >= 11 is 0. The van der Waals surface area contributed by atoms with Crippen molar-refractivity contribution in [3.05, 3.63) is 34.9 Å². The van der Waals surface area contributed by atoms with Gasteiger partial charge in [0.05, 0.1) is 6.61 Å². The van der Waals surface area contributed by atoms with Crippen molar-refractivity contribution in [2.75, 3.05) is 6.54 Å². The van der Waals surface area contributed by atoms with Crippen LogP contribution in [0.2, 0.25) is 0 Å². The summed E-state index contributed by atoms with van der Waals surface area (Å²) in [4.78, 5) is 0. The lowest BCUT2D eigenvalue weighted by Gasteiger charge is -2.21. The Morgan fingerprint density at radius 3 is 2.24 bits per heavy atom. The Labute approximate surface area is 105 Å². The van der Waals surface area contributed by atoms with E-state index in [4.69, 9.17) is 5.73 Å². The minimum atomic E-state index is 0.119. The molecule has 0 bridgehead atoms. The van der Waals surface area contributed by atoms with Crippen molar-refractivity contribution in [2.45, 2.75) is 52.1 Å². The third-order valence-electron chi connectivity index (χ3n) is 3.02. The van der Waals surface area contributed by atoms with Crippen LogP contribution in [0.15, 0.2) is 18.2 Å². The van der Waals surface area contributed by atoms with Crippen LogP contribution < -0.4 is 5.73 Å². The summed E-state index contributed by atoms with van der Waals surface area (Å²) in [6, 6.07) is 6.47. The smallest absolute Gasteiger partial charge is 0.0682 e. The van der Waals surface area contributed by atoms with E-state index in [-0.39, 0.29) is 12.0 Å². The molecule has 0 spiro atoms. The molecule has 0 heterocycles. The molecule has 0 saturated carbocycles. The highest BCUT2D eigenvalue weighted by Crippen LogP contribution is 2.25. The van der Waals surface area contributed by atoms with Gasteiger partial charge in [0, 0.05) is 0 Å². The number of aliphatic hydroxyl groups excluding tert-OH is 1. The molecule has 0 saturated heterocycles. The molecular weight excluding hydrogens is 210 g/mol. The molecule has 0 aliphatic rings. The van der Waals surface area contributed by atoms with E-state index in [2.05, 4.69) is 39.0 Å². The molecule has 0 atom stereocenters. The lowest BCUT2D eigenvalue weighted by molar-refractivity contribution is 0.281. The van der Waals surface area contributed by atoms with Crippen molar-refractivity contribution < 1.29 is 5.11 Å². The Hall–Kier alpha value is -0.860. The molecule has 0 aliphatic heterocycles. The highest BCUT2D eigenvalue weighted by atomic mass is 16.3. The molecule has 96 valence electrons. The maximum absolute atomic E-state index is 9.30. The molecule has 0 radical (unpaired) electrons. The van der Waals surface area contributed by atoms with Gasteiger partial charge in [0.25, 0.3) is 0 Å². The van der Waals surface area contributed by atoms with Crippen molar-refractivity contribution in [1.29, 1.82) is 0 Å². The summed E-state index contributed by atoms with van der Waals surface area (Å²) in [7, 11) is 0. The molecule has 2 nitrogen and oxygen atoms in total. The van der Waals surface area contributed by atoms with Crippen LogP contribution in [0.4, 0.5) is 0 Å². The number of unbranched alkanes of at least 4 members (excludes halogenated alkanes) is 1. The van der Waals surface area contributed by atoms with Gasteiger partial charge in [-0.1, -0.05) is 39.0 Å². The van der Waals surface area contributed by atoms with Crippen LogP contribution in [0.25, 0.3) is 0 Å². The first-order valence-corrected chi connectivity index (χ1v) is 6.41. The molecule has 17 heavy (non-hydrogen) atoms. The van der Waals surface area contributed by atoms with E-state index in [1.807, 2.05) is 0 Å². The van der Waals surface area contributed by atoms with Crippen LogP contribution in [-0.4, -0.2) is 11.7 Å². The Balaban J connectivity index is 2.89. The summed E-state index contributed by atoms with van der Waals surface area (Å²) in [5.41, 5.74) is 9.27. The van der Waals surface area contributed by atoms with Gasteiger partial charge in [0.15, 0.2) is 0 Å². The minimum Gasteiger partial charge on any atom is -0.392 e. The van der Waals surface area contributed by atoms with Gasteiger partial charge in [-0.3, -0.25) is 0 Å². The molecule has 3 N–H and O–H groups in total. The number of rotatable bonds is 5. The molecule has 0 amide bonds. The summed E-state index contributed by atoms with van der Waals surface area (Å²) in [6.07, 6.45) is 3.23. The molecule has 1 aromatic carbocycles. The van der Waals surface area contributed by atoms with E-state index in [1.54, 1.807) is 0 Å². The van der Waals surface area contributed by atoms with E-state index < -0.39 is 0 Å². The fourth-order valence-corrected chi connectivity index (χ4v) is 1.90. The lowest BCUT2D eigenvalue weighted by atomic mass is 9.84. The Kier molecular flexibility index (Phi) is 5.16. The molecular formula is C15H25NO. The van der Waals surface area contributed by atoms with E-state index in [0.717, 1.165) is 31.4 Å². The second kappa shape index (κ2) is 6.18. The van der Waals surface area contributed by atoms with E-state index in [1.165, 1.54) is 11.1 Å². The number of hydrogen-bond acceptors (Lipinski definition) is 2. The normalized spacial score (nSPS) is 11.8. The van der Waals surface area contributed by atoms with Crippen molar-refractivity contribution in [1.82, 2.24) is 0 Å². The molecule has 0 fully saturated rings. The van der Waals surface area contributed by atoms with E-state index in [0.29, 0.717) is 0 Å². The molecule has 0 unspecified atom stereocenters. The van der Waals surface area contributed by atoms with E-state index >= 15 is 0 Å². The molecule has 1 aromatic rings. The van der Waals surface area contributed by atoms with Crippen molar-refractivity contribution in [2.24, 2.45) is 5.73 Å². The molecule has 2 heteroatoms. The maximum atomic E-state index is 9.30. The largest absolute Gasteiger partial charge is 0.392 e. The third kappa shape index (κ3) is 4.49. The standard InChI is InChI=1S/C15H25NO/c1-15(2,3)14-9-12(6-4-5-7-16)8-13(10-14)11-17/h8-10,17H,4-7,11,16H2,1-3H3. The predicted octanol–water partition coefficient (Wildman–Crippen LogP) is 2.76. The number of nitrogens with two attached hydrogens (primary N) is 1. The van der Waals surface area contributed by atoms with Crippen LogP contribution in [0.1, 0.15) is 50.3 Å². The first-order chi connectivity index (χ1) is 7.97. The highest BCUT2D eigenvalue weighted by molar-refractivity contribution is 5.34. The summed E-state index contributed by atoms with van der Waals surface area (Å²) < 4.78 is 0. The fraction of sp³-hybridized carbons (Fsp3) is 0.600. The van der Waals surface area contributed by atoms with Gasteiger partial charge in [0.1, 0.15) is 0 Å². The Morgan fingerprint density at radius 1 is 1.06 bits per heavy atom. The zero-order valence-corrected chi connectivity index (χ0v) is 11.3.